The van der Waals surface area contributed by atoms with E-state index in [1.54, 1.807) is 0 Å². The van der Waals surface area contributed by atoms with Crippen LogP contribution in [0.4, 0.5) is 0 Å². The summed E-state index contributed by atoms with van der Waals surface area (Å²) in [5.41, 5.74) is 1.89. The fraction of sp³-hybridized carbons (Fsp3) is 0.600. The molecule has 0 aromatic heterocycles. The normalized spacial score (nSPS) is 20.5. The second-order valence-corrected chi connectivity index (χ2v) is 6.10. The van der Waals surface area contributed by atoms with Gasteiger partial charge in [-0.25, -0.2) is 0 Å². The Morgan fingerprint density at radius 1 is 1.30 bits per heavy atom. The van der Waals surface area contributed by atoms with Gasteiger partial charge in [0.15, 0.2) is 6.79 Å². The Labute approximate surface area is 124 Å². The minimum Gasteiger partial charge on any atom is -0.467 e. The number of hydrogen-bond acceptors (Lipinski definition) is 4. The van der Waals surface area contributed by atoms with Crippen LogP contribution in [-0.2, 0) is 17.9 Å². The first kappa shape index (κ1) is 14.1. The van der Waals surface area contributed by atoms with Crippen molar-refractivity contribution in [3.05, 3.63) is 28.3 Å². The summed E-state index contributed by atoms with van der Waals surface area (Å²) in [7, 11) is 0. The molecule has 1 heterocycles. The molecule has 0 spiro atoms. The van der Waals surface area contributed by atoms with Crippen molar-refractivity contribution < 1.29 is 14.6 Å². The molecule has 0 radical (unpaired) electrons. The number of hydrogen-bond donors (Lipinski definition) is 2. The molecule has 20 heavy (non-hydrogen) atoms. The van der Waals surface area contributed by atoms with Gasteiger partial charge in [-0.05, 0) is 25.0 Å². The average molecular weight is 298 g/mol. The van der Waals surface area contributed by atoms with Crippen LogP contribution in [0.2, 0.25) is 5.02 Å². The van der Waals surface area contributed by atoms with Crippen LogP contribution in [-0.4, -0.2) is 24.0 Å². The van der Waals surface area contributed by atoms with Crippen molar-refractivity contribution in [2.75, 3.05) is 13.4 Å². The maximum absolute atomic E-state index is 9.65. The number of aliphatic hydroxyl groups excluding tert-OH is 1. The fourth-order valence-corrected chi connectivity index (χ4v) is 3.38. The molecule has 0 amide bonds. The standard InChI is InChI=1S/C15H20ClNO3/c16-13-5-11(14-12(6-13)8-19-10-20-14)7-17-15(9-18)3-1-2-4-15/h5-6,17-18H,1-4,7-10H2. The molecule has 0 saturated heterocycles. The molecule has 0 atom stereocenters. The summed E-state index contributed by atoms with van der Waals surface area (Å²) in [4.78, 5) is 0. The third-order valence-corrected chi connectivity index (χ3v) is 4.49. The van der Waals surface area contributed by atoms with Gasteiger partial charge >= 0.3 is 0 Å². The highest BCUT2D eigenvalue weighted by Gasteiger charge is 2.32. The number of aliphatic hydroxyl groups is 1. The van der Waals surface area contributed by atoms with Crippen molar-refractivity contribution in [2.24, 2.45) is 0 Å². The van der Waals surface area contributed by atoms with E-state index < -0.39 is 0 Å². The van der Waals surface area contributed by atoms with Crippen LogP contribution in [0.25, 0.3) is 0 Å². The van der Waals surface area contributed by atoms with Gasteiger partial charge in [0.25, 0.3) is 0 Å². The molecule has 2 aliphatic rings. The Hall–Kier alpha value is -0.810. The van der Waals surface area contributed by atoms with Crippen molar-refractivity contribution in [3.63, 3.8) is 0 Å². The monoisotopic (exact) mass is 297 g/mol. The average Bonchev–Trinajstić information content (AvgIpc) is 2.94. The van der Waals surface area contributed by atoms with Crippen LogP contribution in [0.15, 0.2) is 12.1 Å². The Balaban J connectivity index is 1.78. The van der Waals surface area contributed by atoms with Gasteiger partial charge in [-0.3, -0.25) is 0 Å². The van der Waals surface area contributed by atoms with E-state index in [0.29, 0.717) is 18.2 Å². The lowest BCUT2D eigenvalue weighted by Gasteiger charge is -2.29. The molecule has 0 unspecified atom stereocenters. The van der Waals surface area contributed by atoms with Crippen molar-refractivity contribution in [1.29, 1.82) is 0 Å². The zero-order valence-corrected chi connectivity index (χ0v) is 12.2. The van der Waals surface area contributed by atoms with E-state index in [1.165, 1.54) is 12.8 Å². The third kappa shape index (κ3) is 2.79. The topological polar surface area (TPSA) is 50.7 Å². The zero-order valence-electron chi connectivity index (χ0n) is 11.5. The molecule has 1 aliphatic heterocycles. The number of fused-ring (bicyclic) bond motifs is 1. The molecule has 5 heteroatoms. The largest absolute Gasteiger partial charge is 0.467 e. The summed E-state index contributed by atoms with van der Waals surface area (Å²) < 4.78 is 10.9. The predicted molar refractivity (Wildman–Crippen MR) is 76.9 cm³/mol. The summed E-state index contributed by atoms with van der Waals surface area (Å²) in [5.74, 6) is 0.874. The second kappa shape index (κ2) is 5.90. The zero-order chi connectivity index (χ0) is 14.0. The molecule has 1 aromatic carbocycles. The number of benzene rings is 1. The van der Waals surface area contributed by atoms with Crippen molar-refractivity contribution in [3.8, 4) is 5.75 Å². The van der Waals surface area contributed by atoms with Crippen molar-refractivity contribution in [1.82, 2.24) is 5.32 Å². The van der Waals surface area contributed by atoms with Gasteiger partial charge in [-0.15, -0.1) is 0 Å². The van der Waals surface area contributed by atoms with Gasteiger partial charge < -0.3 is 19.9 Å². The third-order valence-electron chi connectivity index (χ3n) is 4.27. The van der Waals surface area contributed by atoms with E-state index in [-0.39, 0.29) is 18.9 Å². The summed E-state index contributed by atoms with van der Waals surface area (Å²) in [6, 6.07) is 3.82. The Morgan fingerprint density at radius 3 is 2.85 bits per heavy atom. The first-order valence-electron chi connectivity index (χ1n) is 7.10. The first-order valence-corrected chi connectivity index (χ1v) is 7.48. The van der Waals surface area contributed by atoms with Crippen molar-refractivity contribution >= 4 is 11.6 Å². The quantitative estimate of drug-likeness (QED) is 0.897. The number of rotatable bonds is 4. The molecular weight excluding hydrogens is 278 g/mol. The maximum Gasteiger partial charge on any atom is 0.189 e. The second-order valence-electron chi connectivity index (χ2n) is 5.66. The number of halogens is 1. The first-order chi connectivity index (χ1) is 9.72. The van der Waals surface area contributed by atoms with Crippen LogP contribution in [0.3, 0.4) is 0 Å². The molecule has 2 N–H and O–H groups in total. The van der Waals surface area contributed by atoms with Crippen LogP contribution < -0.4 is 10.1 Å². The summed E-state index contributed by atoms with van der Waals surface area (Å²) in [6.45, 7) is 1.66. The number of ether oxygens (including phenoxy) is 2. The van der Waals surface area contributed by atoms with Crippen LogP contribution in [0.1, 0.15) is 36.8 Å². The van der Waals surface area contributed by atoms with E-state index in [4.69, 9.17) is 21.1 Å². The molecule has 1 fully saturated rings. The van der Waals surface area contributed by atoms with E-state index in [1.807, 2.05) is 12.1 Å². The van der Waals surface area contributed by atoms with Gasteiger partial charge in [-0.2, -0.15) is 0 Å². The Bertz CT molecular complexity index is 486. The minimum atomic E-state index is -0.139. The number of nitrogens with one attached hydrogen (secondary N) is 1. The van der Waals surface area contributed by atoms with Gasteiger partial charge in [-0.1, -0.05) is 24.4 Å². The fourth-order valence-electron chi connectivity index (χ4n) is 3.11. The van der Waals surface area contributed by atoms with Gasteiger partial charge in [0.05, 0.1) is 13.2 Å². The molecule has 1 saturated carbocycles. The highest BCUT2D eigenvalue weighted by atomic mass is 35.5. The van der Waals surface area contributed by atoms with E-state index in [0.717, 1.165) is 29.7 Å². The van der Waals surface area contributed by atoms with Gasteiger partial charge in [0.2, 0.25) is 0 Å². The molecule has 1 aromatic rings. The van der Waals surface area contributed by atoms with Gasteiger partial charge in [0, 0.05) is 28.2 Å². The lowest BCUT2D eigenvalue weighted by Crippen LogP contribution is -2.45. The highest BCUT2D eigenvalue weighted by Crippen LogP contribution is 2.34. The lowest BCUT2D eigenvalue weighted by atomic mass is 9.98. The Kier molecular flexibility index (Phi) is 4.17. The minimum absolute atomic E-state index is 0.139. The molecule has 0 bridgehead atoms. The summed E-state index contributed by atoms with van der Waals surface area (Å²) >= 11 is 6.16. The molecular formula is C15H20ClNO3. The summed E-state index contributed by atoms with van der Waals surface area (Å²) in [6.07, 6.45) is 4.39. The summed E-state index contributed by atoms with van der Waals surface area (Å²) in [5, 5.41) is 13.9. The predicted octanol–water partition coefficient (Wildman–Crippen LogP) is 2.60. The Morgan fingerprint density at radius 2 is 2.10 bits per heavy atom. The maximum atomic E-state index is 9.65. The lowest BCUT2D eigenvalue weighted by molar-refractivity contribution is -0.0172. The van der Waals surface area contributed by atoms with Crippen LogP contribution in [0.5, 0.6) is 5.75 Å². The molecule has 110 valence electrons. The van der Waals surface area contributed by atoms with Crippen LogP contribution in [0, 0.1) is 0 Å². The van der Waals surface area contributed by atoms with E-state index >= 15 is 0 Å². The van der Waals surface area contributed by atoms with Gasteiger partial charge in [0.1, 0.15) is 5.75 Å². The van der Waals surface area contributed by atoms with E-state index in [2.05, 4.69) is 5.32 Å². The molecule has 4 nitrogen and oxygen atoms in total. The molecule has 3 rings (SSSR count). The van der Waals surface area contributed by atoms with E-state index in [9.17, 15) is 5.11 Å². The van der Waals surface area contributed by atoms with Crippen molar-refractivity contribution in [2.45, 2.75) is 44.4 Å². The molecule has 1 aliphatic carbocycles. The van der Waals surface area contributed by atoms with Crippen LogP contribution >= 0.6 is 11.6 Å². The smallest absolute Gasteiger partial charge is 0.189 e. The highest BCUT2D eigenvalue weighted by molar-refractivity contribution is 6.30. The SMILES string of the molecule is OCC1(NCc2cc(Cl)cc3c2OCOC3)CCCC1.